The molecule has 0 spiro atoms. The van der Waals surface area contributed by atoms with Gasteiger partial charge < -0.3 is 5.32 Å². The fourth-order valence-electron chi connectivity index (χ4n) is 3.96. The summed E-state index contributed by atoms with van der Waals surface area (Å²) in [6.07, 6.45) is 6.79. The van der Waals surface area contributed by atoms with Gasteiger partial charge in [0.15, 0.2) is 0 Å². The molecule has 9 nitrogen and oxygen atoms in total. The van der Waals surface area contributed by atoms with E-state index < -0.39 is 14.9 Å². The average molecular weight is 405 g/mol. The Morgan fingerprint density at radius 1 is 1.25 bits per heavy atom. The van der Waals surface area contributed by atoms with Crippen LogP contribution in [-0.4, -0.2) is 47.0 Å². The summed E-state index contributed by atoms with van der Waals surface area (Å²) in [6.45, 7) is 0.927. The summed E-state index contributed by atoms with van der Waals surface area (Å²) in [4.78, 5) is 11.1. The Labute approximate surface area is 163 Å². The minimum Gasteiger partial charge on any atom is -0.376 e. The van der Waals surface area contributed by atoms with Crippen LogP contribution >= 0.6 is 0 Å². The van der Waals surface area contributed by atoms with Crippen LogP contribution in [-0.2, 0) is 22.9 Å². The van der Waals surface area contributed by atoms with Crippen molar-refractivity contribution in [2.24, 2.45) is 0 Å². The van der Waals surface area contributed by atoms with E-state index in [2.05, 4.69) is 15.5 Å². The van der Waals surface area contributed by atoms with Crippen LogP contribution in [0.2, 0.25) is 0 Å². The second kappa shape index (κ2) is 7.51. The van der Waals surface area contributed by atoms with Crippen molar-refractivity contribution >= 4 is 21.4 Å². The van der Waals surface area contributed by atoms with Crippen molar-refractivity contribution in [3.8, 4) is 0 Å². The van der Waals surface area contributed by atoms with Crippen LogP contribution in [0.5, 0.6) is 0 Å². The molecule has 1 atom stereocenters. The SMILES string of the molecule is O=[N+]([O-])c1cc(S(=O)(=O)N2CCCCC2)ccc1NC1CCc2[nH]ncc2C1. The maximum Gasteiger partial charge on any atom is 0.293 e. The van der Waals surface area contributed by atoms with Crippen molar-refractivity contribution in [2.75, 3.05) is 18.4 Å². The Balaban J connectivity index is 1.58. The zero-order valence-electron chi connectivity index (χ0n) is 15.4. The molecule has 2 aromatic rings. The lowest BCUT2D eigenvalue weighted by molar-refractivity contribution is -0.384. The largest absolute Gasteiger partial charge is 0.376 e. The highest BCUT2D eigenvalue weighted by Gasteiger charge is 2.29. The summed E-state index contributed by atoms with van der Waals surface area (Å²) >= 11 is 0. The molecule has 2 N–H and O–H groups in total. The molecule has 0 radical (unpaired) electrons. The molecule has 0 saturated carbocycles. The Kier molecular flexibility index (Phi) is 5.07. The first kappa shape index (κ1) is 18.9. The number of fused-ring (bicyclic) bond motifs is 1. The van der Waals surface area contributed by atoms with Gasteiger partial charge in [0.1, 0.15) is 5.69 Å². The third kappa shape index (κ3) is 3.61. The minimum atomic E-state index is -3.71. The number of hydrogen-bond acceptors (Lipinski definition) is 6. The first-order valence-electron chi connectivity index (χ1n) is 9.51. The van der Waals surface area contributed by atoms with E-state index in [4.69, 9.17) is 0 Å². The van der Waals surface area contributed by atoms with Gasteiger partial charge in [0.25, 0.3) is 5.69 Å². The quantitative estimate of drug-likeness (QED) is 0.582. The third-order valence-electron chi connectivity index (χ3n) is 5.49. The zero-order chi connectivity index (χ0) is 19.7. The lowest BCUT2D eigenvalue weighted by atomic mass is 9.93. The molecule has 4 rings (SSSR count). The third-order valence-corrected chi connectivity index (χ3v) is 7.39. The van der Waals surface area contributed by atoms with Crippen molar-refractivity contribution in [2.45, 2.75) is 49.5 Å². The van der Waals surface area contributed by atoms with Gasteiger partial charge in [-0.1, -0.05) is 6.42 Å². The Hall–Kier alpha value is -2.46. The van der Waals surface area contributed by atoms with Crippen molar-refractivity contribution in [3.05, 3.63) is 45.8 Å². The van der Waals surface area contributed by atoms with Crippen molar-refractivity contribution < 1.29 is 13.3 Å². The zero-order valence-corrected chi connectivity index (χ0v) is 16.2. The van der Waals surface area contributed by atoms with Gasteiger partial charge in [-0.05, 0) is 49.8 Å². The van der Waals surface area contributed by atoms with Crippen molar-refractivity contribution in [1.82, 2.24) is 14.5 Å². The maximum absolute atomic E-state index is 12.8. The predicted molar refractivity (Wildman–Crippen MR) is 104 cm³/mol. The van der Waals surface area contributed by atoms with Gasteiger partial charge in [-0.15, -0.1) is 0 Å². The molecule has 1 aromatic heterocycles. The highest BCUT2D eigenvalue weighted by atomic mass is 32.2. The molecule has 0 amide bonds. The number of nitrogens with one attached hydrogen (secondary N) is 2. The van der Waals surface area contributed by atoms with Gasteiger partial charge in [0.2, 0.25) is 10.0 Å². The van der Waals surface area contributed by atoms with Gasteiger partial charge in [-0.3, -0.25) is 15.2 Å². The van der Waals surface area contributed by atoms with E-state index in [1.807, 2.05) is 0 Å². The molecule has 10 heteroatoms. The van der Waals surface area contributed by atoms with Crippen LogP contribution in [0.3, 0.4) is 0 Å². The second-order valence-electron chi connectivity index (χ2n) is 7.36. The van der Waals surface area contributed by atoms with Gasteiger partial charge in [0, 0.05) is 30.9 Å². The normalized spacial score (nSPS) is 20.5. The first-order chi connectivity index (χ1) is 13.4. The number of nitro benzene ring substituents is 1. The summed E-state index contributed by atoms with van der Waals surface area (Å²) in [5.41, 5.74) is 2.35. The number of aromatic amines is 1. The number of aromatic nitrogens is 2. The minimum absolute atomic E-state index is 0.0209. The molecule has 28 heavy (non-hydrogen) atoms. The highest BCUT2D eigenvalue weighted by molar-refractivity contribution is 7.89. The second-order valence-corrected chi connectivity index (χ2v) is 9.30. The van der Waals surface area contributed by atoms with Crippen molar-refractivity contribution in [1.29, 1.82) is 0 Å². The number of piperidine rings is 1. The summed E-state index contributed by atoms with van der Waals surface area (Å²) < 4.78 is 27.1. The summed E-state index contributed by atoms with van der Waals surface area (Å²) in [7, 11) is -3.71. The van der Waals surface area contributed by atoms with Crippen molar-refractivity contribution in [3.63, 3.8) is 0 Å². The Bertz CT molecular complexity index is 982. The van der Waals surface area contributed by atoms with E-state index >= 15 is 0 Å². The summed E-state index contributed by atoms with van der Waals surface area (Å²) in [5.74, 6) is 0. The van der Waals surface area contributed by atoms with E-state index in [1.54, 1.807) is 6.20 Å². The molecule has 2 aliphatic rings. The van der Waals surface area contributed by atoms with Crippen LogP contribution in [0.15, 0.2) is 29.3 Å². The molecule has 1 saturated heterocycles. The number of nitrogens with zero attached hydrogens (tertiary/aromatic N) is 3. The molecule has 1 unspecified atom stereocenters. The lowest BCUT2D eigenvalue weighted by Gasteiger charge is -2.26. The van der Waals surface area contributed by atoms with Gasteiger partial charge in [-0.25, -0.2) is 8.42 Å². The van der Waals surface area contributed by atoms with E-state index in [0.717, 1.165) is 49.8 Å². The molecule has 1 aliphatic heterocycles. The summed E-state index contributed by atoms with van der Waals surface area (Å²) in [6, 6.07) is 4.19. The smallest absolute Gasteiger partial charge is 0.293 e. The number of nitro groups is 1. The monoisotopic (exact) mass is 405 g/mol. The Morgan fingerprint density at radius 3 is 2.79 bits per heavy atom. The number of sulfonamides is 1. The van der Waals surface area contributed by atoms with Gasteiger partial charge in [0.05, 0.1) is 16.0 Å². The van der Waals surface area contributed by atoms with Gasteiger partial charge in [-0.2, -0.15) is 9.40 Å². The maximum atomic E-state index is 12.8. The average Bonchev–Trinajstić information content (AvgIpc) is 3.16. The van der Waals surface area contributed by atoms with E-state index in [1.165, 1.54) is 22.5 Å². The van der Waals surface area contributed by atoms with E-state index in [-0.39, 0.29) is 16.6 Å². The van der Waals surface area contributed by atoms with Crippen LogP contribution in [0.4, 0.5) is 11.4 Å². The first-order valence-corrected chi connectivity index (χ1v) is 11.0. The highest BCUT2D eigenvalue weighted by Crippen LogP contribution is 2.32. The molecule has 0 bridgehead atoms. The number of aryl methyl sites for hydroxylation is 1. The van der Waals surface area contributed by atoms with Crippen LogP contribution in [0, 0.1) is 10.1 Å². The molecule has 150 valence electrons. The van der Waals surface area contributed by atoms with E-state index in [9.17, 15) is 18.5 Å². The van der Waals surface area contributed by atoms with Gasteiger partial charge >= 0.3 is 0 Å². The molecule has 1 aromatic carbocycles. The molecule has 1 fully saturated rings. The number of rotatable bonds is 5. The fraction of sp³-hybridized carbons (Fsp3) is 0.500. The molecule has 1 aliphatic carbocycles. The lowest BCUT2D eigenvalue weighted by Crippen LogP contribution is -2.35. The number of hydrogen-bond donors (Lipinski definition) is 2. The Morgan fingerprint density at radius 2 is 2.04 bits per heavy atom. The van der Waals surface area contributed by atoms with Crippen LogP contribution < -0.4 is 5.32 Å². The summed E-state index contributed by atoms with van der Waals surface area (Å²) in [5, 5.41) is 21.9. The number of benzene rings is 1. The predicted octanol–water partition coefficient (Wildman–Crippen LogP) is 2.46. The van der Waals surface area contributed by atoms with Crippen LogP contribution in [0.1, 0.15) is 36.9 Å². The van der Waals surface area contributed by atoms with E-state index in [0.29, 0.717) is 18.8 Å². The topological polar surface area (TPSA) is 121 Å². The number of anilines is 1. The molecular weight excluding hydrogens is 382 g/mol. The van der Waals surface area contributed by atoms with Crippen LogP contribution in [0.25, 0.3) is 0 Å². The standard InChI is InChI=1S/C18H23N5O4S/c24-23(25)18-11-15(28(26,27)22-8-2-1-3-9-22)5-7-17(18)20-14-4-6-16-13(10-14)12-19-21-16/h5,7,11-12,14,20H,1-4,6,8-10H2,(H,19,21). The molecule has 2 heterocycles. The fourth-order valence-corrected chi connectivity index (χ4v) is 5.50. The molecular formula is C18H23N5O4S. The number of H-pyrrole nitrogens is 1.